The zero-order valence-electron chi connectivity index (χ0n) is 11.4. The van der Waals surface area contributed by atoms with Crippen LogP contribution in [0.1, 0.15) is 18.9 Å². The van der Waals surface area contributed by atoms with Crippen molar-refractivity contribution in [2.45, 2.75) is 20.3 Å². The first-order valence-electron chi connectivity index (χ1n) is 6.07. The molecular formula is C13H18N2O4. The average Bonchev–Trinajstić information content (AvgIpc) is 2.35. The Bertz CT molecular complexity index is 474. The number of esters is 1. The molecule has 0 heterocycles. The first-order valence-corrected chi connectivity index (χ1v) is 6.07. The molecule has 0 unspecified atom stereocenters. The van der Waals surface area contributed by atoms with Crippen molar-refractivity contribution in [2.75, 3.05) is 25.1 Å². The van der Waals surface area contributed by atoms with Crippen molar-refractivity contribution in [3.05, 3.63) is 33.9 Å². The van der Waals surface area contributed by atoms with E-state index in [9.17, 15) is 14.9 Å². The van der Waals surface area contributed by atoms with Gasteiger partial charge in [-0.2, -0.15) is 0 Å². The highest BCUT2D eigenvalue weighted by atomic mass is 16.6. The van der Waals surface area contributed by atoms with Gasteiger partial charge in [-0.05, 0) is 25.5 Å². The molecule has 0 aliphatic heterocycles. The molecule has 6 heteroatoms. The topological polar surface area (TPSA) is 72.7 Å². The van der Waals surface area contributed by atoms with E-state index < -0.39 is 4.92 Å². The first kappa shape index (κ1) is 14.9. The Kier molecular flexibility index (Phi) is 5.29. The lowest BCUT2D eigenvalue weighted by Gasteiger charge is -2.19. The number of nitrogens with zero attached hydrogens (tertiary/aromatic N) is 2. The molecule has 0 N–H and O–H groups in total. The number of benzene rings is 1. The molecule has 0 aromatic heterocycles. The molecule has 0 spiro atoms. The molecule has 1 aromatic carbocycles. The average molecular weight is 266 g/mol. The number of anilines is 1. The Morgan fingerprint density at radius 3 is 2.68 bits per heavy atom. The minimum Gasteiger partial charge on any atom is -0.466 e. The third-order valence-electron chi connectivity index (χ3n) is 2.66. The summed E-state index contributed by atoms with van der Waals surface area (Å²) < 4.78 is 4.84. The number of non-ortho nitro benzene ring substituents is 1. The molecule has 0 atom stereocenters. The minimum absolute atomic E-state index is 0.0537. The molecule has 1 rings (SSSR count). The van der Waals surface area contributed by atoms with Gasteiger partial charge in [0.05, 0.1) is 18.0 Å². The van der Waals surface area contributed by atoms with Gasteiger partial charge < -0.3 is 9.64 Å². The quantitative estimate of drug-likeness (QED) is 0.448. The standard InChI is InChI=1S/C13H18N2O4/c1-4-19-13(16)5-6-14(3)11-7-10(2)8-12(9-11)15(17)18/h7-9H,4-6H2,1-3H3. The minimum atomic E-state index is -0.421. The van der Waals surface area contributed by atoms with E-state index in [0.717, 1.165) is 11.3 Å². The molecule has 0 saturated heterocycles. The van der Waals surface area contributed by atoms with E-state index in [4.69, 9.17) is 4.74 Å². The van der Waals surface area contributed by atoms with Crippen molar-refractivity contribution in [3.8, 4) is 0 Å². The van der Waals surface area contributed by atoms with E-state index in [1.54, 1.807) is 25.8 Å². The fourth-order valence-corrected chi connectivity index (χ4v) is 1.69. The summed E-state index contributed by atoms with van der Waals surface area (Å²) in [6, 6.07) is 4.86. The van der Waals surface area contributed by atoms with Crippen LogP contribution < -0.4 is 4.90 Å². The summed E-state index contributed by atoms with van der Waals surface area (Å²) in [7, 11) is 1.79. The van der Waals surface area contributed by atoms with Gasteiger partial charge in [0.1, 0.15) is 0 Å². The van der Waals surface area contributed by atoms with E-state index >= 15 is 0 Å². The highest BCUT2D eigenvalue weighted by molar-refractivity contribution is 5.70. The summed E-state index contributed by atoms with van der Waals surface area (Å²) in [6.07, 6.45) is 0.256. The first-order chi connectivity index (χ1) is 8.93. The summed E-state index contributed by atoms with van der Waals surface area (Å²) >= 11 is 0. The van der Waals surface area contributed by atoms with Crippen molar-refractivity contribution in [2.24, 2.45) is 0 Å². The zero-order valence-corrected chi connectivity index (χ0v) is 11.4. The molecule has 0 fully saturated rings. The summed E-state index contributed by atoms with van der Waals surface area (Å²) in [6.45, 7) is 4.37. The normalized spacial score (nSPS) is 10.1. The second-order valence-electron chi connectivity index (χ2n) is 4.26. The van der Waals surface area contributed by atoms with Gasteiger partial charge in [-0.25, -0.2) is 0 Å². The molecule has 0 saturated carbocycles. The number of hydrogen-bond donors (Lipinski definition) is 0. The molecular weight excluding hydrogens is 248 g/mol. The Morgan fingerprint density at radius 1 is 1.42 bits per heavy atom. The number of nitro benzene ring substituents is 1. The van der Waals surface area contributed by atoms with Crippen molar-refractivity contribution < 1.29 is 14.5 Å². The van der Waals surface area contributed by atoms with Crippen LogP contribution in [-0.4, -0.2) is 31.1 Å². The van der Waals surface area contributed by atoms with Gasteiger partial charge in [0.15, 0.2) is 0 Å². The van der Waals surface area contributed by atoms with Crippen molar-refractivity contribution in [1.29, 1.82) is 0 Å². The van der Waals surface area contributed by atoms with Gasteiger partial charge in [-0.3, -0.25) is 14.9 Å². The van der Waals surface area contributed by atoms with Crippen LogP contribution >= 0.6 is 0 Å². The summed E-state index contributed by atoms with van der Waals surface area (Å²) in [4.78, 5) is 23.4. The monoisotopic (exact) mass is 266 g/mol. The van der Waals surface area contributed by atoms with E-state index in [1.807, 2.05) is 6.07 Å². The number of nitro groups is 1. The van der Waals surface area contributed by atoms with Gasteiger partial charge >= 0.3 is 5.97 Å². The number of rotatable bonds is 6. The highest BCUT2D eigenvalue weighted by Crippen LogP contribution is 2.23. The summed E-state index contributed by atoms with van der Waals surface area (Å²) in [5.41, 5.74) is 1.58. The smallest absolute Gasteiger partial charge is 0.307 e. The number of carbonyl (C=O) groups excluding carboxylic acids is 1. The molecule has 0 radical (unpaired) electrons. The van der Waals surface area contributed by atoms with E-state index in [-0.39, 0.29) is 18.1 Å². The molecule has 1 aromatic rings. The van der Waals surface area contributed by atoms with E-state index in [0.29, 0.717) is 13.2 Å². The van der Waals surface area contributed by atoms with Crippen LogP contribution in [0.3, 0.4) is 0 Å². The van der Waals surface area contributed by atoms with Crippen molar-refractivity contribution in [3.63, 3.8) is 0 Å². The molecule has 0 bridgehead atoms. The Labute approximate surface area is 112 Å². The number of carbonyl (C=O) groups is 1. The van der Waals surface area contributed by atoms with Crippen LogP contribution in [-0.2, 0) is 9.53 Å². The lowest BCUT2D eigenvalue weighted by molar-refractivity contribution is -0.384. The fraction of sp³-hybridized carbons (Fsp3) is 0.462. The predicted octanol–water partition coefficient (Wildman–Crippen LogP) is 2.29. The van der Waals surface area contributed by atoms with Crippen LogP contribution in [0, 0.1) is 17.0 Å². The second-order valence-corrected chi connectivity index (χ2v) is 4.26. The molecule has 19 heavy (non-hydrogen) atoms. The maximum atomic E-state index is 11.3. The van der Waals surface area contributed by atoms with Crippen LogP contribution in [0.5, 0.6) is 0 Å². The van der Waals surface area contributed by atoms with Gasteiger partial charge in [-0.15, -0.1) is 0 Å². The SMILES string of the molecule is CCOC(=O)CCN(C)c1cc(C)cc([N+](=O)[O-])c1. The Balaban J connectivity index is 2.73. The number of hydrogen-bond acceptors (Lipinski definition) is 5. The molecule has 0 amide bonds. The lowest BCUT2D eigenvalue weighted by Crippen LogP contribution is -2.22. The van der Waals surface area contributed by atoms with Crippen LogP contribution in [0.15, 0.2) is 18.2 Å². The Morgan fingerprint density at radius 2 is 2.11 bits per heavy atom. The lowest BCUT2D eigenvalue weighted by atomic mass is 10.2. The zero-order chi connectivity index (χ0) is 14.4. The van der Waals surface area contributed by atoms with E-state index in [1.165, 1.54) is 12.1 Å². The summed E-state index contributed by atoms with van der Waals surface area (Å²) in [5.74, 6) is -0.267. The third-order valence-corrected chi connectivity index (χ3v) is 2.66. The largest absolute Gasteiger partial charge is 0.466 e. The van der Waals surface area contributed by atoms with E-state index in [2.05, 4.69) is 0 Å². The predicted molar refractivity (Wildman–Crippen MR) is 72.4 cm³/mol. The van der Waals surface area contributed by atoms with Crippen LogP contribution in [0.25, 0.3) is 0 Å². The van der Waals surface area contributed by atoms with Gasteiger partial charge in [0.25, 0.3) is 5.69 Å². The molecule has 0 aliphatic carbocycles. The van der Waals surface area contributed by atoms with Gasteiger partial charge in [-0.1, -0.05) is 0 Å². The molecule has 6 nitrogen and oxygen atoms in total. The Hall–Kier alpha value is -2.11. The second kappa shape index (κ2) is 6.72. The number of ether oxygens (including phenoxy) is 1. The molecule has 104 valence electrons. The maximum absolute atomic E-state index is 11.3. The summed E-state index contributed by atoms with van der Waals surface area (Å²) in [5, 5.41) is 10.8. The van der Waals surface area contributed by atoms with Crippen LogP contribution in [0.4, 0.5) is 11.4 Å². The molecule has 0 aliphatic rings. The van der Waals surface area contributed by atoms with Gasteiger partial charge in [0.2, 0.25) is 0 Å². The third kappa shape index (κ3) is 4.57. The van der Waals surface area contributed by atoms with Crippen molar-refractivity contribution in [1.82, 2.24) is 0 Å². The number of aryl methyl sites for hydroxylation is 1. The highest BCUT2D eigenvalue weighted by Gasteiger charge is 2.12. The maximum Gasteiger partial charge on any atom is 0.307 e. The van der Waals surface area contributed by atoms with Crippen LogP contribution in [0.2, 0.25) is 0 Å². The fourth-order valence-electron chi connectivity index (χ4n) is 1.69. The van der Waals surface area contributed by atoms with Crippen molar-refractivity contribution >= 4 is 17.3 Å². The van der Waals surface area contributed by atoms with Gasteiger partial charge in [0, 0.05) is 31.4 Å².